The Morgan fingerprint density at radius 2 is 1.88 bits per heavy atom. The highest BCUT2D eigenvalue weighted by Crippen LogP contribution is 2.52. The lowest BCUT2D eigenvalue weighted by atomic mass is 9.81. The van der Waals surface area contributed by atoms with Gasteiger partial charge in [0.25, 0.3) is 0 Å². The van der Waals surface area contributed by atoms with Crippen LogP contribution in [0.1, 0.15) is 31.2 Å². The third-order valence-electron chi connectivity index (χ3n) is 4.61. The van der Waals surface area contributed by atoms with Gasteiger partial charge in [0.05, 0.1) is 0 Å². The van der Waals surface area contributed by atoms with Crippen molar-refractivity contribution in [3.63, 3.8) is 0 Å². The van der Waals surface area contributed by atoms with Gasteiger partial charge in [-0.2, -0.15) is 0 Å². The van der Waals surface area contributed by atoms with Gasteiger partial charge in [-0.15, -0.1) is 0 Å². The first-order chi connectivity index (χ1) is 7.74. The highest BCUT2D eigenvalue weighted by Gasteiger charge is 2.40. The van der Waals surface area contributed by atoms with Crippen LogP contribution in [0.2, 0.25) is 0 Å². The zero-order valence-electron chi connectivity index (χ0n) is 10.1. The van der Waals surface area contributed by atoms with Crippen LogP contribution in [0.25, 0.3) is 5.57 Å². The Bertz CT molecular complexity index is 404. The number of fused-ring (bicyclic) bond motifs is 2. The van der Waals surface area contributed by atoms with Crippen LogP contribution in [0.3, 0.4) is 0 Å². The molecule has 0 aromatic heterocycles. The van der Waals surface area contributed by atoms with E-state index in [-0.39, 0.29) is 0 Å². The van der Waals surface area contributed by atoms with Gasteiger partial charge in [0.2, 0.25) is 0 Å². The van der Waals surface area contributed by atoms with Crippen molar-refractivity contribution in [2.45, 2.75) is 25.7 Å². The second-order valence-electron chi connectivity index (χ2n) is 5.67. The average Bonchev–Trinajstić information content (AvgIpc) is 2.91. The van der Waals surface area contributed by atoms with Crippen LogP contribution in [0.15, 0.2) is 30.8 Å². The third kappa shape index (κ3) is 1.67. The molecule has 0 saturated heterocycles. The van der Waals surface area contributed by atoms with E-state index in [9.17, 15) is 0 Å². The molecule has 0 aliphatic heterocycles. The normalized spacial score (nSPS) is 32.1. The summed E-state index contributed by atoms with van der Waals surface area (Å²) in [6.45, 7) is 4.37. The van der Waals surface area contributed by atoms with Gasteiger partial charge in [-0.1, -0.05) is 42.5 Å². The van der Waals surface area contributed by atoms with Crippen molar-refractivity contribution in [1.82, 2.24) is 0 Å². The van der Waals surface area contributed by atoms with Crippen LogP contribution in [-0.4, -0.2) is 10.2 Å². The van der Waals surface area contributed by atoms with Gasteiger partial charge >= 0.3 is 0 Å². The van der Waals surface area contributed by atoms with Crippen molar-refractivity contribution in [2.75, 3.05) is 0 Å². The summed E-state index contributed by atoms with van der Waals surface area (Å²) in [5.41, 5.74) is 2.80. The van der Waals surface area contributed by atoms with Gasteiger partial charge in [0.1, 0.15) is 0 Å². The Morgan fingerprint density at radius 3 is 2.44 bits per heavy atom. The summed E-state index contributed by atoms with van der Waals surface area (Å²) in [5, 5.41) is 1.48. The highest BCUT2D eigenvalue weighted by molar-refractivity contribution is 6.32. The maximum atomic E-state index is 4.37. The van der Waals surface area contributed by atoms with Crippen LogP contribution in [0, 0.1) is 17.8 Å². The lowest BCUT2D eigenvalue weighted by Gasteiger charge is -2.24. The summed E-state index contributed by atoms with van der Waals surface area (Å²) < 4.78 is 0. The predicted molar refractivity (Wildman–Crippen MR) is 74.0 cm³/mol. The van der Waals surface area contributed by atoms with Crippen molar-refractivity contribution < 1.29 is 0 Å². The Hall–Kier alpha value is -0.823. The van der Waals surface area contributed by atoms with E-state index in [0.717, 1.165) is 28.0 Å². The smallest absolute Gasteiger partial charge is 0.0384 e. The van der Waals surface area contributed by atoms with E-state index in [1.54, 1.807) is 0 Å². The second-order valence-corrected chi connectivity index (χ2v) is 6.83. The Balaban J connectivity index is 1.80. The van der Waals surface area contributed by atoms with E-state index in [4.69, 9.17) is 0 Å². The molecule has 84 valence electrons. The number of allylic oxidation sites excluding steroid dienone is 1. The van der Waals surface area contributed by atoms with E-state index >= 15 is 0 Å². The summed E-state index contributed by atoms with van der Waals surface area (Å²) in [5.74, 6) is 2.76. The summed E-state index contributed by atoms with van der Waals surface area (Å²) in [6.07, 6.45) is 5.82. The van der Waals surface area contributed by atoms with Crippen LogP contribution in [0.5, 0.6) is 0 Å². The van der Waals surface area contributed by atoms with Crippen molar-refractivity contribution in [1.29, 1.82) is 0 Å². The molecule has 2 aliphatic carbocycles. The molecule has 3 unspecified atom stereocenters. The SMILES string of the molecule is C=C(c1ccc([SiH3])cc1)C1CC2CCC1C2. The fourth-order valence-corrected chi connectivity index (χ4v) is 3.99. The van der Waals surface area contributed by atoms with E-state index in [1.807, 2.05) is 0 Å². The molecule has 1 aromatic carbocycles. The maximum absolute atomic E-state index is 4.37. The van der Waals surface area contributed by atoms with Gasteiger partial charge in [-0.25, -0.2) is 0 Å². The van der Waals surface area contributed by atoms with Crippen LogP contribution in [-0.2, 0) is 0 Å². The Labute approximate surface area is 101 Å². The molecular weight excluding hydrogens is 208 g/mol. The molecule has 16 heavy (non-hydrogen) atoms. The molecule has 0 heterocycles. The molecule has 0 spiro atoms. The first kappa shape index (κ1) is 10.3. The topological polar surface area (TPSA) is 0 Å². The van der Waals surface area contributed by atoms with Crippen LogP contribution in [0.4, 0.5) is 0 Å². The summed E-state index contributed by atoms with van der Waals surface area (Å²) in [6, 6.07) is 9.08. The molecule has 1 aromatic rings. The summed E-state index contributed by atoms with van der Waals surface area (Å²) in [7, 11) is 1.15. The van der Waals surface area contributed by atoms with Crippen LogP contribution < -0.4 is 5.19 Å². The minimum absolute atomic E-state index is 0.790. The van der Waals surface area contributed by atoms with Gasteiger partial charge in [0.15, 0.2) is 0 Å². The highest BCUT2D eigenvalue weighted by atomic mass is 28.1. The Kier molecular flexibility index (Phi) is 2.51. The molecule has 0 N–H and O–H groups in total. The first-order valence-corrected chi connectivity index (χ1v) is 7.50. The molecule has 3 rings (SSSR count). The second kappa shape index (κ2) is 3.88. The fraction of sp³-hybridized carbons (Fsp3) is 0.467. The maximum Gasteiger partial charge on any atom is 0.0384 e. The minimum atomic E-state index is 0.790. The van der Waals surface area contributed by atoms with Crippen molar-refractivity contribution >= 4 is 21.0 Å². The molecule has 2 bridgehead atoms. The molecule has 0 radical (unpaired) electrons. The lowest BCUT2D eigenvalue weighted by Crippen LogP contribution is -2.12. The fourth-order valence-electron chi connectivity index (χ4n) is 3.65. The number of rotatable bonds is 2. The van der Waals surface area contributed by atoms with Crippen LogP contribution >= 0.6 is 0 Å². The Morgan fingerprint density at radius 1 is 1.12 bits per heavy atom. The third-order valence-corrected chi connectivity index (χ3v) is 5.27. The number of benzene rings is 1. The molecule has 2 aliphatic rings. The zero-order chi connectivity index (χ0) is 11.1. The predicted octanol–water partition coefficient (Wildman–Crippen LogP) is 2.13. The molecule has 0 nitrogen and oxygen atoms in total. The zero-order valence-corrected chi connectivity index (χ0v) is 12.1. The summed E-state index contributed by atoms with van der Waals surface area (Å²) >= 11 is 0. The molecule has 2 saturated carbocycles. The molecule has 0 amide bonds. The average molecular weight is 228 g/mol. The number of hydrogen-bond donors (Lipinski definition) is 0. The molecule has 3 atom stereocenters. The summed E-state index contributed by atoms with van der Waals surface area (Å²) in [4.78, 5) is 0. The van der Waals surface area contributed by atoms with E-state index < -0.39 is 0 Å². The largest absolute Gasteiger partial charge is 0.0949 e. The quantitative estimate of drug-likeness (QED) is 0.680. The van der Waals surface area contributed by atoms with Gasteiger partial charge in [-0.3, -0.25) is 0 Å². The van der Waals surface area contributed by atoms with E-state index in [0.29, 0.717) is 0 Å². The molecule has 1 heteroatoms. The van der Waals surface area contributed by atoms with Gasteiger partial charge in [-0.05, 0) is 48.2 Å². The van der Waals surface area contributed by atoms with Crippen molar-refractivity contribution in [2.24, 2.45) is 17.8 Å². The lowest BCUT2D eigenvalue weighted by molar-refractivity contribution is 0.405. The molecule has 2 fully saturated rings. The monoisotopic (exact) mass is 228 g/mol. The first-order valence-electron chi connectivity index (χ1n) is 6.50. The van der Waals surface area contributed by atoms with E-state index in [2.05, 4.69) is 30.8 Å². The molecular formula is C15H20Si. The standard InChI is InChI=1S/C15H20Si/c1-10(12-4-6-14(16)7-5-12)15-9-11-2-3-13(15)8-11/h4-7,11,13,15H,1-3,8-9H2,16H3. The van der Waals surface area contributed by atoms with Crippen molar-refractivity contribution in [3.8, 4) is 0 Å². The van der Waals surface area contributed by atoms with Gasteiger partial charge in [0, 0.05) is 10.2 Å². The van der Waals surface area contributed by atoms with Crippen molar-refractivity contribution in [3.05, 3.63) is 36.4 Å². The van der Waals surface area contributed by atoms with Gasteiger partial charge < -0.3 is 0 Å². The number of hydrogen-bond acceptors (Lipinski definition) is 0. The minimum Gasteiger partial charge on any atom is -0.0949 e. The van der Waals surface area contributed by atoms with E-state index in [1.165, 1.54) is 42.0 Å².